The number of aromatic nitrogens is 2. The molecule has 1 aromatic heterocycles. The maximum absolute atomic E-state index is 8.80. The number of nitrogens with zero attached hydrogens (tertiary/aromatic N) is 3. The normalized spacial score (nSPS) is 12.6. The molecule has 1 unspecified atom stereocenters. The van der Waals surface area contributed by atoms with Gasteiger partial charge in [-0.3, -0.25) is 0 Å². The van der Waals surface area contributed by atoms with Crippen molar-refractivity contribution in [1.82, 2.24) is 9.78 Å². The van der Waals surface area contributed by atoms with E-state index in [1.54, 1.807) is 10.9 Å². The highest BCUT2D eigenvalue weighted by Gasteiger charge is 2.08. The van der Waals surface area contributed by atoms with Gasteiger partial charge in [0.1, 0.15) is 6.04 Å². The summed E-state index contributed by atoms with van der Waals surface area (Å²) in [7, 11) is 0. The first-order chi connectivity index (χ1) is 6.72. The summed E-state index contributed by atoms with van der Waals surface area (Å²) in [5.74, 6) is 0. The summed E-state index contributed by atoms with van der Waals surface area (Å²) in [6, 6.07) is 7.83. The third-order valence-electron chi connectivity index (χ3n) is 2.11. The van der Waals surface area contributed by atoms with Gasteiger partial charge in [0.05, 0.1) is 17.8 Å². The van der Waals surface area contributed by atoms with Crippen LogP contribution in [0, 0.1) is 11.3 Å². The van der Waals surface area contributed by atoms with E-state index in [0.29, 0.717) is 0 Å². The molecule has 0 saturated heterocycles. The SMILES string of the molecule is CC(C#N)n1ncc2cc(Br)ccc21. The van der Waals surface area contributed by atoms with E-state index >= 15 is 0 Å². The molecule has 0 fully saturated rings. The molecular weight excluding hydrogens is 242 g/mol. The summed E-state index contributed by atoms with van der Waals surface area (Å²) < 4.78 is 2.75. The molecule has 4 heteroatoms. The highest BCUT2D eigenvalue weighted by molar-refractivity contribution is 9.10. The zero-order valence-electron chi connectivity index (χ0n) is 7.61. The number of fused-ring (bicyclic) bond motifs is 1. The van der Waals surface area contributed by atoms with Crippen LogP contribution in [-0.2, 0) is 0 Å². The molecule has 0 aliphatic rings. The van der Waals surface area contributed by atoms with Crippen LogP contribution in [0.25, 0.3) is 10.9 Å². The van der Waals surface area contributed by atoms with E-state index in [0.717, 1.165) is 15.4 Å². The van der Waals surface area contributed by atoms with Crippen LogP contribution in [0.15, 0.2) is 28.9 Å². The Labute approximate surface area is 90.1 Å². The Balaban J connectivity index is 2.65. The zero-order valence-corrected chi connectivity index (χ0v) is 9.19. The number of halogens is 1. The van der Waals surface area contributed by atoms with Gasteiger partial charge in [0.15, 0.2) is 0 Å². The molecule has 0 saturated carbocycles. The lowest BCUT2D eigenvalue weighted by atomic mass is 10.2. The Kier molecular flexibility index (Phi) is 2.26. The largest absolute Gasteiger partial charge is 0.248 e. The van der Waals surface area contributed by atoms with Gasteiger partial charge in [-0.2, -0.15) is 10.4 Å². The second-order valence-corrected chi connectivity index (χ2v) is 4.01. The highest BCUT2D eigenvalue weighted by Crippen LogP contribution is 2.21. The van der Waals surface area contributed by atoms with Crippen molar-refractivity contribution in [2.75, 3.05) is 0 Å². The summed E-state index contributed by atoms with van der Waals surface area (Å²) in [4.78, 5) is 0. The van der Waals surface area contributed by atoms with Crippen LogP contribution in [0.4, 0.5) is 0 Å². The van der Waals surface area contributed by atoms with Crippen LogP contribution >= 0.6 is 15.9 Å². The predicted molar refractivity (Wildman–Crippen MR) is 57.8 cm³/mol. The average Bonchev–Trinajstić information content (AvgIpc) is 2.59. The van der Waals surface area contributed by atoms with Crippen LogP contribution in [-0.4, -0.2) is 9.78 Å². The number of benzene rings is 1. The number of rotatable bonds is 1. The highest BCUT2D eigenvalue weighted by atomic mass is 79.9. The van der Waals surface area contributed by atoms with Crippen LogP contribution in [0.2, 0.25) is 0 Å². The third-order valence-corrected chi connectivity index (χ3v) is 2.60. The maximum atomic E-state index is 8.80. The van der Waals surface area contributed by atoms with Crippen molar-refractivity contribution in [2.45, 2.75) is 13.0 Å². The van der Waals surface area contributed by atoms with Gasteiger partial charge in [-0.15, -0.1) is 0 Å². The maximum Gasteiger partial charge on any atom is 0.136 e. The van der Waals surface area contributed by atoms with Crippen molar-refractivity contribution in [2.24, 2.45) is 0 Å². The molecule has 1 aromatic carbocycles. The van der Waals surface area contributed by atoms with E-state index in [1.807, 2.05) is 25.1 Å². The molecule has 0 aliphatic heterocycles. The number of nitriles is 1. The van der Waals surface area contributed by atoms with Crippen LogP contribution < -0.4 is 0 Å². The Bertz CT molecular complexity index is 510. The summed E-state index contributed by atoms with van der Waals surface area (Å²) >= 11 is 3.39. The minimum atomic E-state index is -0.228. The first-order valence-corrected chi connectivity index (χ1v) is 5.04. The molecule has 1 heterocycles. The van der Waals surface area contributed by atoms with Gasteiger partial charge in [0, 0.05) is 9.86 Å². The number of hydrogen-bond donors (Lipinski definition) is 0. The Morgan fingerprint density at radius 2 is 2.36 bits per heavy atom. The van der Waals surface area contributed by atoms with Gasteiger partial charge in [0.25, 0.3) is 0 Å². The zero-order chi connectivity index (χ0) is 10.1. The smallest absolute Gasteiger partial charge is 0.136 e. The van der Waals surface area contributed by atoms with Crippen LogP contribution in [0.3, 0.4) is 0 Å². The molecule has 0 amide bonds. The van der Waals surface area contributed by atoms with E-state index in [1.165, 1.54) is 0 Å². The molecule has 0 radical (unpaired) electrons. The van der Waals surface area contributed by atoms with Gasteiger partial charge in [-0.25, -0.2) is 4.68 Å². The molecular formula is C10H8BrN3. The van der Waals surface area contributed by atoms with Crippen molar-refractivity contribution in [3.8, 4) is 6.07 Å². The van der Waals surface area contributed by atoms with Crippen LogP contribution in [0.5, 0.6) is 0 Å². The molecule has 3 nitrogen and oxygen atoms in total. The Morgan fingerprint density at radius 1 is 1.57 bits per heavy atom. The third kappa shape index (κ3) is 1.40. The summed E-state index contributed by atoms with van der Waals surface area (Å²) in [6.45, 7) is 1.83. The summed E-state index contributed by atoms with van der Waals surface area (Å²) in [5, 5.41) is 14.0. The van der Waals surface area contributed by atoms with E-state index < -0.39 is 0 Å². The fraction of sp³-hybridized carbons (Fsp3) is 0.200. The van der Waals surface area contributed by atoms with E-state index in [2.05, 4.69) is 27.1 Å². The molecule has 70 valence electrons. The van der Waals surface area contributed by atoms with Crippen LogP contribution in [0.1, 0.15) is 13.0 Å². The summed E-state index contributed by atoms with van der Waals surface area (Å²) in [6.07, 6.45) is 1.77. The van der Waals surface area contributed by atoms with E-state index in [-0.39, 0.29) is 6.04 Å². The number of hydrogen-bond acceptors (Lipinski definition) is 2. The average molecular weight is 250 g/mol. The van der Waals surface area contributed by atoms with E-state index in [9.17, 15) is 0 Å². The second-order valence-electron chi connectivity index (χ2n) is 3.10. The topological polar surface area (TPSA) is 41.6 Å². The molecule has 14 heavy (non-hydrogen) atoms. The molecule has 1 atom stereocenters. The van der Waals surface area contributed by atoms with Gasteiger partial charge in [-0.05, 0) is 25.1 Å². The standard InChI is InChI=1S/C10H8BrN3/c1-7(5-12)14-10-3-2-9(11)4-8(10)6-13-14/h2-4,6-7H,1H3. The van der Waals surface area contributed by atoms with Crippen molar-refractivity contribution in [3.05, 3.63) is 28.9 Å². The lowest BCUT2D eigenvalue weighted by molar-refractivity contribution is 0.612. The Morgan fingerprint density at radius 3 is 3.07 bits per heavy atom. The summed E-state index contributed by atoms with van der Waals surface area (Å²) in [5.41, 5.74) is 0.988. The Hall–Kier alpha value is -1.34. The molecule has 2 rings (SSSR count). The minimum Gasteiger partial charge on any atom is -0.248 e. The van der Waals surface area contributed by atoms with E-state index in [4.69, 9.17) is 5.26 Å². The molecule has 2 aromatic rings. The van der Waals surface area contributed by atoms with Gasteiger partial charge in [0.2, 0.25) is 0 Å². The second kappa shape index (κ2) is 3.43. The lowest BCUT2D eigenvalue weighted by Gasteiger charge is -2.03. The first-order valence-electron chi connectivity index (χ1n) is 4.25. The monoisotopic (exact) mass is 249 g/mol. The van der Waals surface area contributed by atoms with Gasteiger partial charge in [-0.1, -0.05) is 15.9 Å². The van der Waals surface area contributed by atoms with Gasteiger partial charge >= 0.3 is 0 Å². The fourth-order valence-corrected chi connectivity index (χ4v) is 1.77. The molecule has 0 N–H and O–H groups in total. The molecule has 0 spiro atoms. The van der Waals surface area contributed by atoms with Crippen molar-refractivity contribution in [1.29, 1.82) is 5.26 Å². The van der Waals surface area contributed by atoms with Gasteiger partial charge < -0.3 is 0 Å². The predicted octanol–water partition coefficient (Wildman–Crippen LogP) is 2.88. The molecule has 0 aliphatic carbocycles. The van der Waals surface area contributed by atoms with Crippen molar-refractivity contribution in [3.63, 3.8) is 0 Å². The minimum absolute atomic E-state index is 0.228. The van der Waals surface area contributed by atoms with Crippen molar-refractivity contribution >= 4 is 26.8 Å². The molecule has 0 bridgehead atoms. The first kappa shape index (κ1) is 9.22. The van der Waals surface area contributed by atoms with Crippen molar-refractivity contribution < 1.29 is 0 Å². The lowest BCUT2D eigenvalue weighted by Crippen LogP contribution is -2.03. The fourth-order valence-electron chi connectivity index (χ4n) is 1.39. The quantitative estimate of drug-likeness (QED) is 0.780.